The molecule has 6 heterocycles. The van der Waals surface area contributed by atoms with E-state index in [9.17, 15) is 14.7 Å². The van der Waals surface area contributed by atoms with E-state index in [1.165, 1.54) is 22.7 Å². The number of thiazole rings is 2. The number of hydrogen-bond acceptors (Lipinski definition) is 14. The average molecular weight is 946 g/mol. The summed E-state index contributed by atoms with van der Waals surface area (Å²) in [6, 6.07) is 21.0. The van der Waals surface area contributed by atoms with E-state index in [1.807, 2.05) is 56.7 Å². The van der Waals surface area contributed by atoms with Crippen molar-refractivity contribution in [3.8, 4) is 39.8 Å². The van der Waals surface area contributed by atoms with E-state index in [0.29, 0.717) is 44.3 Å². The van der Waals surface area contributed by atoms with E-state index in [4.69, 9.17) is 14.9 Å². The van der Waals surface area contributed by atoms with Crippen LogP contribution in [0.4, 0.5) is 10.3 Å². The molecule has 63 heavy (non-hydrogen) atoms. The van der Waals surface area contributed by atoms with E-state index in [0.717, 1.165) is 49.2 Å². The molecule has 320 valence electrons. The van der Waals surface area contributed by atoms with E-state index in [1.54, 1.807) is 91.8 Å². The Morgan fingerprint density at radius 2 is 1.06 bits per heavy atom. The van der Waals surface area contributed by atoms with Crippen LogP contribution >= 0.6 is 38.6 Å². The van der Waals surface area contributed by atoms with Crippen LogP contribution in [0.1, 0.15) is 54.4 Å². The molecule has 0 aliphatic rings. The molecule has 0 spiro atoms. The summed E-state index contributed by atoms with van der Waals surface area (Å²) in [4.78, 5) is 49.4. The molecule has 0 saturated heterocycles. The molecule has 0 saturated carbocycles. The van der Waals surface area contributed by atoms with Crippen LogP contribution in [0, 0.1) is 27.7 Å². The van der Waals surface area contributed by atoms with Crippen LogP contribution in [0.25, 0.3) is 22.5 Å². The van der Waals surface area contributed by atoms with E-state index >= 15 is 0 Å². The number of ether oxygens (including phenoxy) is 1. The maximum atomic E-state index is 12.3. The Balaban J connectivity index is 0.000000180. The zero-order valence-electron chi connectivity index (χ0n) is 34.4. The van der Waals surface area contributed by atoms with Crippen molar-refractivity contribution in [1.29, 1.82) is 0 Å². The minimum Gasteiger partial charge on any atom is -0.508 e. The van der Waals surface area contributed by atoms with Crippen LogP contribution < -0.4 is 15.4 Å². The smallest absolute Gasteiger partial charge is 0.257 e. The fourth-order valence-electron chi connectivity index (χ4n) is 6.17. The number of aromatic nitrogens is 6. The number of phenolic OH excluding ortho intramolecular Hbond substituents is 1. The third kappa shape index (κ3) is 12.7. The molecule has 0 unspecified atom stereocenters. The summed E-state index contributed by atoms with van der Waals surface area (Å²) in [5.74, 6) is 1.09. The van der Waals surface area contributed by atoms with Crippen molar-refractivity contribution >= 4 is 60.7 Å². The number of phenols is 1. The van der Waals surface area contributed by atoms with E-state index < -0.39 is 0 Å². The second-order valence-electron chi connectivity index (χ2n) is 13.7. The van der Waals surface area contributed by atoms with Gasteiger partial charge in [-0.15, -0.1) is 22.7 Å². The topological polar surface area (TPSA) is 205 Å². The number of pyridine rings is 4. The van der Waals surface area contributed by atoms with Gasteiger partial charge in [0.15, 0.2) is 10.3 Å². The summed E-state index contributed by atoms with van der Waals surface area (Å²) in [7, 11) is 0. The van der Waals surface area contributed by atoms with Crippen molar-refractivity contribution in [3.05, 3.63) is 170 Å². The zero-order valence-corrected chi connectivity index (χ0v) is 37.6. The first-order valence-electron chi connectivity index (χ1n) is 19.1. The molecule has 8 aromatic rings. The number of amides is 2. The highest BCUT2D eigenvalue weighted by atomic mass is 79.9. The van der Waals surface area contributed by atoms with Gasteiger partial charge in [-0.2, -0.15) is 0 Å². The number of carbonyl (C=O) groups excluding carboxylic acids is 2. The molecule has 0 aliphatic carbocycles. The number of rotatable bonds is 10. The number of benzene rings is 2. The van der Waals surface area contributed by atoms with Gasteiger partial charge in [0.2, 0.25) is 0 Å². The molecule has 14 nitrogen and oxygen atoms in total. The first-order chi connectivity index (χ1) is 30.4. The van der Waals surface area contributed by atoms with E-state index in [2.05, 4.69) is 56.5 Å². The van der Waals surface area contributed by atoms with Gasteiger partial charge in [-0.05, 0) is 139 Å². The lowest BCUT2D eigenvalue weighted by Crippen LogP contribution is -2.11. The minimum absolute atomic E-state index is 0.00722. The maximum Gasteiger partial charge on any atom is 0.257 e. The predicted octanol–water partition coefficient (Wildman–Crippen LogP) is 9.87. The first-order valence-corrected chi connectivity index (χ1v) is 21.7. The van der Waals surface area contributed by atoms with Gasteiger partial charge in [-0.3, -0.25) is 40.2 Å². The summed E-state index contributed by atoms with van der Waals surface area (Å²) in [6.45, 7) is 7.75. The van der Waals surface area contributed by atoms with Gasteiger partial charge in [0.25, 0.3) is 11.8 Å². The van der Waals surface area contributed by atoms with Crippen LogP contribution in [0.2, 0.25) is 0 Å². The minimum atomic E-state index is -0.221. The first kappa shape index (κ1) is 45.8. The van der Waals surface area contributed by atoms with Crippen molar-refractivity contribution in [2.75, 3.05) is 10.6 Å². The van der Waals surface area contributed by atoms with Gasteiger partial charge >= 0.3 is 0 Å². The summed E-state index contributed by atoms with van der Waals surface area (Å²) in [5, 5.41) is 37.8. The molecule has 0 aliphatic heterocycles. The Labute approximate surface area is 379 Å². The number of carbonyl (C=O) groups is 2. The third-order valence-corrected chi connectivity index (χ3v) is 11.0. The molecule has 2 aromatic carbocycles. The molecule has 6 aromatic heterocycles. The number of aliphatic hydroxyl groups excluding tert-OH is 2. The molecule has 0 atom stereocenters. The normalized spacial score (nSPS) is 10.5. The predicted molar refractivity (Wildman–Crippen MR) is 248 cm³/mol. The fraction of sp³-hybridized carbons (Fsp3) is 0.130. The SMILES string of the molecule is Cc1cc(O)cc(C)c1-c1csc(NC(=O)c2ccncc2)n1.Cc1cc(Oc2ccc(CO)nc2)cc(C)c1-c1csc(NC(=O)c2ccncc2)n1.OCc1ccc(Br)cn1. The molecule has 2 amide bonds. The quantitative estimate of drug-likeness (QED) is 0.0869. The molecule has 8 rings (SSSR count). The number of nitrogens with zero attached hydrogens (tertiary/aromatic N) is 6. The fourth-order valence-corrected chi connectivity index (χ4v) is 7.80. The van der Waals surface area contributed by atoms with Gasteiger partial charge in [0.1, 0.15) is 17.2 Å². The summed E-state index contributed by atoms with van der Waals surface area (Å²) < 4.78 is 6.84. The maximum absolute atomic E-state index is 12.3. The van der Waals surface area contributed by atoms with Gasteiger partial charge in [0, 0.05) is 68.5 Å². The Bertz CT molecular complexity index is 2740. The lowest BCUT2D eigenvalue weighted by Gasteiger charge is -2.12. The van der Waals surface area contributed by atoms with Crippen molar-refractivity contribution in [2.45, 2.75) is 40.9 Å². The zero-order chi connectivity index (χ0) is 44.9. The highest BCUT2D eigenvalue weighted by Crippen LogP contribution is 2.35. The van der Waals surface area contributed by atoms with Gasteiger partial charge in [0.05, 0.1) is 42.2 Å². The van der Waals surface area contributed by atoms with E-state index in [-0.39, 0.29) is 30.8 Å². The molecule has 5 N–H and O–H groups in total. The van der Waals surface area contributed by atoms with Gasteiger partial charge < -0.3 is 20.1 Å². The van der Waals surface area contributed by atoms with Crippen LogP contribution in [0.3, 0.4) is 0 Å². The highest BCUT2D eigenvalue weighted by molar-refractivity contribution is 9.10. The molecule has 0 fully saturated rings. The molecular formula is C46H41BrN8O6S2. The van der Waals surface area contributed by atoms with Crippen LogP contribution in [0.15, 0.2) is 125 Å². The van der Waals surface area contributed by atoms with Crippen molar-refractivity contribution in [2.24, 2.45) is 0 Å². The largest absolute Gasteiger partial charge is 0.508 e. The van der Waals surface area contributed by atoms with Crippen LogP contribution in [-0.2, 0) is 13.2 Å². The Hall–Kier alpha value is -6.76. The average Bonchev–Trinajstić information content (AvgIpc) is 3.94. The number of anilines is 2. The molecular weight excluding hydrogens is 905 g/mol. The number of halogens is 1. The Morgan fingerprint density at radius 1 is 0.619 bits per heavy atom. The standard InChI is InChI=1S/C23H20N4O3S.C17H15N3O2S.C6H6BrNO/c1-14-9-19(30-18-4-3-17(12-28)25-11-18)10-15(2)21(14)20-13-31-23(26-20)27-22(29)16-5-7-24-8-6-16;1-10-7-13(21)8-11(2)15(10)14-9-23-17(19-14)20-16(22)12-3-5-18-6-4-12;7-5-1-2-6(4-9)8-3-5/h3-11,13,28H,12H2,1-2H3,(H,26,27,29);3-9,21H,1-2H3,(H,19,20,22);1-3,9H,4H2. The number of aryl methyl sites for hydroxylation is 4. The van der Waals surface area contributed by atoms with Crippen molar-refractivity contribution in [1.82, 2.24) is 29.9 Å². The van der Waals surface area contributed by atoms with Crippen LogP contribution in [-0.4, -0.2) is 57.0 Å². The third-order valence-electron chi connectivity index (χ3n) is 9.02. The van der Waals surface area contributed by atoms with Crippen LogP contribution in [0.5, 0.6) is 17.2 Å². The molecule has 0 bridgehead atoms. The Morgan fingerprint density at radius 3 is 1.48 bits per heavy atom. The number of aromatic hydroxyl groups is 1. The lowest BCUT2D eigenvalue weighted by molar-refractivity contribution is 0.101. The highest BCUT2D eigenvalue weighted by Gasteiger charge is 2.16. The second kappa shape index (κ2) is 21.9. The summed E-state index contributed by atoms with van der Waals surface area (Å²) in [6.07, 6.45) is 9.55. The second-order valence-corrected chi connectivity index (χ2v) is 16.3. The monoisotopic (exact) mass is 944 g/mol. The summed E-state index contributed by atoms with van der Waals surface area (Å²) in [5.41, 5.74) is 9.81. The van der Waals surface area contributed by atoms with Crippen molar-refractivity contribution < 1.29 is 29.6 Å². The van der Waals surface area contributed by atoms with Gasteiger partial charge in [-0.25, -0.2) is 9.97 Å². The number of hydrogen-bond donors (Lipinski definition) is 5. The Kier molecular flexibility index (Phi) is 15.9. The molecule has 17 heteroatoms. The number of nitrogens with one attached hydrogen (secondary N) is 2. The number of aliphatic hydroxyl groups is 2. The van der Waals surface area contributed by atoms with Crippen molar-refractivity contribution in [3.63, 3.8) is 0 Å². The summed E-state index contributed by atoms with van der Waals surface area (Å²) >= 11 is 5.97. The van der Waals surface area contributed by atoms with Gasteiger partial charge in [-0.1, -0.05) is 0 Å². The molecule has 0 radical (unpaired) electrons. The lowest BCUT2D eigenvalue weighted by atomic mass is 10.0.